The highest BCUT2D eigenvalue weighted by Gasteiger charge is 2.16. The first-order chi connectivity index (χ1) is 12.8. The SMILES string of the molecule is COc1nc(-c2ccc(O)cc2)c(-c2ccc(S(C)(=O)=O)cc2)cc1C#N. The number of ether oxygens (including phenoxy) is 1. The lowest BCUT2D eigenvalue weighted by molar-refractivity contribution is 0.397. The maximum atomic E-state index is 11.7. The van der Waals surface area contributed by atoms with Crippen LogP contribution >= 0.6 is 0 Å². The van der Waals surface area contributed by atoms with Crippen LogP contribution in [0.5, 0.6) is 11.6 Å². The summed E-state index contributed by atoms with van der Waals surface area (Å²) in [4.78, 5) is 4.67. The van der Waals surface area contributed by atoms with Crippen LogP contribution in [0.2, 0.25) is 0 Å². The summed E-state index contributed by atoms with van der Waals surface area (Å²) in [5, 5.41) is 18.9. The molecule has 0 radical (unpaired) electrons. The zero-order valence-corrected chi connectivity index (χ0v) is 15.5. The van der Waals surface area contributed by atoms with E-state index in [0.29, 0.717) is 16.8 Å². The summed E-state index contributed by atoms with van der Waals surface area (Å²) in [5.74, 6) is 0.315. The molecule has 2 aromatic carbocycles. The van der Waals surface area contributed by atoms with Gasteiger partial charge in [0.2, 0.25) is 5.88 Å². The molecule has 1 N–H and O–H groups in total. The summed E-state index contributed by atoms with van der Waals surface area (Å²) in [5.41, 5.74) is 2.90. The number of benzene rings is 2. The molecule has 0 unspecified atom stereocenters. The average molecular weight is 380 g/mol. The number of phenolic OH excluding ortho intramolecular Hbond substituents is 1. The lowest BCUT2D eigenvalue weighted by Crippen LogP contribution is -1.99. The summed E-state index contributed by atoms with van der Waals surface area (Å²) < 4.78 is 28.6. The lowest BCUT2D eigenvalue weighted by atomic mass is 9.98. The van der Waals surface area contributed by atoms with Crippen molar-refractivity contribution in [1.82, 2.24) is 4.98 Å². The van der Waals surface area contributed by atoms with E-state index >= 15 is 0 Å². The molecule has 0 atom stereocenters. The Hall–Kier alpha value is -3.37. The lowest BCUT2D eigenvalue weighted by Gasteiger charge is -2.13. The monoisotopic (exact) mass is 380 g/mol. The summed E-state index contributed by atoms with van der Waals surface area (Å²) in [6.45, 7) is 0. The van der Waals surface area contributed by atoms with Crippen molar-refractivity contribution in [2.45, 2.75) is 4.90 Å². The van der Waals surface area contributed by atoms with Crippen LogP contribution in [0.1, 0.15) is 5.56 Å². The Labute approximate surface area is 157 Å². The number of pyridine rings is 1. The van der Waals surface area contributed by atoms with Crippen LogP contribution in [-0.2, 0) is 9.84 Å². The van der Waals surface area contributed by atoms with E-state index in [1.165, 1.54) is 31.4 Å². The molecule has 136 valence electrons. The van der Waals surface area contributed by atoms with Crippen molar-refractivity contribution in [1.29, 1.82) is 5.26 Å². The van der Waals surface area contributed by atoms with Crippen LogP contribution in [0.15, 0.2) is 59.5 Å². The number of nitrogens with zero attached hydrogens (tertiary/aromatic N) is 2. The minimum Gasteiger partial charge on any atom is -0.508 e. The highest BCUT2D eigenvalue weighted by atomic mass is 32.2. The van der Waals surface area contributed by atoms with Crippen LogP contribution in [0.4, 0.5) is 0 Å². The fourth-order valence-electron chi connectivity index (χ4n) is 2.67. The predicted octanol–water partition coefficient (Wildman–Crippen LogP) is 3.40. The van der Waals surface area contributed by atoms with Gasteiger partial charge in [-0.1, -0.05) is 12.1 Å². The molecule has 0 aliphatic rings. The van der Waals surface area contributed by atoms with E-state index in [-0.39, 0.29) is 22.1 Å². The number of phenols is 1. The van der Waals surface area contributed by atoms with E-state index < -0.39 is 9.84 Å². The van der Waals surface area contributed by atoms with Crippen LogP contribution in [0, 0.1) is 11.3 Å². The van der Waals surface area contributed by atoms with Crippen LogP contribution in [0.25, 0.3) is 22.4 Å². The van der Waals surface area contributed by atoms with Crippen molar-refractivity contribution < 1.29 is 18.3 Å². The smallest absolute Gasteiger partial charge is 0.232 e. The van der Waals surface area contributed by atoms with E-state index in [4.69, 9.17) is 4.74 Å². The van der Waals surface area contributed by atoms with Crippen LogP contribution < -0.4 is 4.74 Å². The molecule has 7 heteroatoms. The fourth-order valence-corrected chi connectivity index (χ4v) is 3.30. The standard InChI is InChI=1S/C20H16N2O4S/c1-26-20-15(12-21)11-18(13-5-9-17(10-6-13)27(2,24)25)19(22-20)14-3-7-16(23)8-4-14/h3-11,23H,1-2H3. The Balaban J connectivity index is 2.24. The van der Waals surface area contributed by atoms with E-state index in [1.54, 1.807) is 30.3 Å². The summed E-state index contributed by atoms with van der Waals surface area (Å²) in [6.07, 6.45) is 1.15. The molecule has 0 fully saturated rings. The van der Waals surface area contributed by atoms with Gasteiger partial charge in [-0.05, 0) is 48.0 Å². The number of hydrogen-bond acceptors (Lipinski definition) is 6. The predicted molar refractivity (Wildman–Crippen MR) is 101 cm³/mol. The maximum absolute atomic E-state index is 11.7. The number of aromatic hydroxyl groups is 1. The Morgan fingerprint density at radius 3 is 2.15 bits per heavy atom. The van der Waals surface area contributed by atoms with Gasteiger partial charge in [-0.25, -0.2) is 13.4 Å². The summed E-state index contributed by atoms with van der Waals surface area (Å²) >= 11 is 0. The van der Waals surface area contributed by atoms with Crippen molar-refractivity contribution in [2.75, 3.05) is 13.4 Å². The molecule has 0 bridgehead atoms. The first-order valence-corrected chi connectivity index (χ1v) is 9.81. The maximum Gasteiger partial charge on any atom is 0.232 e. The normalized spacial score (nSPS) is 11.0. The van der Waals surface area contributed by atoms with E-state index in [1.807, 2.05) is 0 Å². The minimum atomic E-state index is -3.31. The number of hydrogen-bond donors (Lipinski definition) is 1. The molecule has 6 nitrogen and oxygen atoms in total. The Morgan fingerprint density at radius 1 is 1.04 bits per heavy atom. The van der Waals surface area contributed by atoms with Gasteiger partial charge in [-0.3, -0.25) is 0 Å². The Kier molecular flexibility index (Phi) is 4.84. The molecule has 1 heterocycles. The highest BCUT2D eigenvalue weighted by molar-refractivity contribution is 7.90. The molecule has 0 saturated carbocycles. The summed E-state index contributed by atoms with van der Waals surface area (Å²) in [6, 6.07) is 16.6. The first kappa shape index (κ1) is 18.4. The molecule has 0 amide bonds. The quantitative estimate of drug-likeness (QED) is 0.744. The number of nitriles is 1. The molecular weight excluding hydrogens is 364 g/mol. The molecule has 0 saturated heterocycles. The van der Waals surface area contributed by atoms with Gasteiger partial charge in [0.25, 0.3) is 0 Å². The van der Waals surface area contributed by atoms with Gasteiger partial charge in [0.05, 0.1) is 17.7 Å². The molecular formula is C20H16N2O4S. The molecule has 0 spiro atoms. The van der Waals surface area contributed by atoms with Gasteiger partial charge in [0, 0.05) is 17.4 Å². The minimum absolute atomic E-state index is 0.124. The number of methoxy groups -OCH3 is 1. The van der Waals surface area contributed by atoms with Crippen molar-refractivity contribution in [3.63, 3.8) is 0 Å². The highest BCUT2D eigenvalue weighted by Crippen LogP contribution is 2.35. The molecule has 1 aromatic heterocycles. The third kappa shape index (κ3) is 3.76. The fraction of sp³-hybridized carbons (Fsp3) is 0.100. The molecule has 3 rings (SSSR count). The van der Waals surface area contributed by atoms with Gasteiger partial charge in [-0.15, -0.1) is 0 Å². The molecule has 0 aliphatic heterocycles. The van der Waals surface area contributed by atoms with Gasteiger partial charge >= 0.3 is 0 Å². The Morgan fingerprint density at radius 2 is 1.63 bits per heavy atom. The largest absolute Gasteiger partial charge is 0.508 e. The van der Waals surface area contributed by atoms with Crippen LogP contribution in [-0.4, -0.2) is 31.9 Å². The zero-order valence-electron chi connectivity index (χ0n) is 14.7. The molecule has 27 heavy (non-hydrogen) atoms. The van der Waals surface area contributed by atoms with Gasteiger partial charge in [0.1, 0.15) is 17.4 Å². The number of rotatable bonds is 4. The van der Waals surface area contributed by atoms with E-state index in [9.17, 15) is 18.8 Å². The van der Waals surface area contributed by atoms with Gasteiger partial charge in [-0.2, -0.15) is 5.26 Å². The second-order valence-electron chi connectivity index (χ2n) is 5.90. The van der Waals surface area contributed by atoms with Crippen LogP contribution in [0.3, 0.4) is 0 Å². The second kappa shape index (κ2) is 7.09. The van der Waals surface area contributed by atoms with Gasteiger partial charge in [0.15, 0.2) is 9.84 Å². The number of sulfone groups is 1. The topological polar surface area (TPSA) is 100 Å². The first-order valence-electron chi connectivity index (χ1n) is 7.92. The second-order valence-corrected chi connectivity index (χ2v) is 7.91. The van der Waals surface area contributed by atoms with Crippen molar-refractivity contribution >= 4 is 9.84 Å². The van der Waals surface area contributed by atoms with Gasteiger partial charge < -0.3 is 9.84 Å². The third-order valence-corrected chi connectivity index (χ3v) is 5.16. The molecule has 3 aromatic rings. The Bertz CT molecular complexity index is 1130. The average Bonchev–Trinajstić information content (AvgIpc) is 2.67. The van der Waals surface area contributed by atoms with E-state index in [0.717, 1.165) is 11.8 Å². The van der Waals surface area contributed by atoms with Crippen molar-refractivity contribution in [3.05, 3.63) is 60.2 Å². The molecule has 0 aliphatic carbocycles. The van der Waals surface area contributed by atoms with Crippen molar-refractivity contribution in [3.8, 4) is 40.1 Å². The zero-order chi connectivity index (χ0) is 19.6. The summed E-state index contributed by atoms with van der Waals surface area (Å²) in [7, 11) is -1.87. The van der Waals surface area contributed by atoms with E-state index in [2.05, 4.69) is 11.1 Å². The number of aromatic nitrogens is 1. The third-order valence-electron chi connectivity index (χ3n) is 4.04. The van der Waals surface area contributed by atoms with Crippen molar-refractivity contribution in [2.24, 2.45) is 0 Å².